The second kappa shape index (κ2) is 7.28. The largest absolute Gasteiger partial charge is 0.478 e. The molecule has 0 saturated heterocycles. The monoisotopic (exact) mass is 278 g/mol. The van der Waals surface area contributed by atoms with Crippen LogP contribution < -0.4 is 5.32 Å². The molecule has 0 saturated carbocycles. The van der Waals surface area contributed by atoms with Crippen LogP contribution in [0.4, 0.5) is 0 Å². The van der Waals surface area contributed by atoms with Crippen molar-refractivity contribution in [3.05, 3.63) is 35.4 Å². The summed E-state index contributed by atoms with van der Waals surface area (Å²) in [6, 6.07) is 5.66. The van der Waals surface area contributed by atoms with E-state index in [-0.39, 0.29) is 23.9 Å². The molecular weight excluding hydrogens is 260 g/mol. The van der Waals surface area contributed by atoms with Crippen molar-refractivity contribution in [1.29, 1.82) is 0 Å². The molecule has 1 aromatic rings. The van der Waals surface area contributed by atoms with Crippen molar-refractivity contribution in [1.82, 2.24) is 10.2 Å². The average Bonchev–Trinajstić information content (AvgIpc) is 2.46. The van der Waals surface area contributed by atoms with Crippen molar-refractivity contribution < 1.29 is 19.5 Å². The Hall–Kier alpha value is -2.37. The van der Waals surface area contributed by atoms with Gasteiger partial charge in [-0.05, 0) is 30.7 Å². The summed E-state index contributed by atoms with van der Waals surface area (Å²) in [7, 11) is 1.51. The van der Waals surface area contributed by atoms with Gasteiger partial charge in [0.25, 0.3) is 5.91 Å². The van der Waals surface area contributed by atoms with Crippen LogP contribution in [0.15, 0.2) is 24.3 Å². The molecule has 108 valence electrons. The molecule has 0 aliphatic heterocycles. The van der Waals surface area contributed by atoms with Gasteiger partial charge in [-0.2, -0.15) is 0 Å². The van der Waals surface area contributed by atoms with Gasteiger partial charge in [-0.3, -0.25) is 9.59 Å². The van der Waals surface area contributed by atoms with Gasteiger partial charge in [0.05, 0.1) is 12.1 Å². The maximum absolute atomic E-state index is 12.3. The van der Waals surface area contributed by atoms with E-state index in [1.165, 1.54) is 36.2 Å². The van der Waals surface area contributed by atoms with E-state index in [1.54, 1.807) is 0 Å². The number of likely N-dealkylation sites (N-methyl/N-ethyl adjacent to an activating group) is 1. The van der Waals surface area contributed by atoms with Crippen molar-refractivity contribution in [3.63, 3.8) is 0 Å². The zero-order valence-electron chi connectivity index (χ0n) is 11.5. The summed E-state index contributed by atoms with van der Waals surface area (Å²) < 4.78 is 0. The maximum atomic E-state index is 12.3. The Labute approximate surface area is 117 Å². The van der Waals surface area contributed by atoms with Crippen molar-refractivity contribution in [2.75, 3.05) is 20.1 Å². The first-order valence-corrected chi connectivity index (χ1v) is 6.32. The second-order valence-electron chi connectivity index (χ2n) is 4.28. The number of aromatic carboxylic acids is 1. The van der Waals surface area contributed by atoms with Crippen molar-refractivity contribution >= 4 is 17.8 Å². The normalized spacial score (nSPS) is 9.90. The van der Waals surface area contributed by atoms with Crippen molar-refractivity contribution in [2.45, 2.75) is 13.3 Å². The Kier molecular flexibility index (Phi) is 5.71. The number of nitrogens with zero attached hydrogens (tertiary/aromatic N) is 1. The predicted molar refractivity (Wildman–Crippen MR) is 73.7 cm³/mol. The number of hydrogen-bond acceptors (Lipinski definition) is 3. The van der Waals surface area contributed by atoms with Gasteiger partial charge in [0, 0.05) is 19.2 Å². The molecule has 1 aromatic carbocycles. The third kappa shape index (κ3) is 4.08. The number of hydrogen-bond donors (Lipinski definition) is 2. The van der Waals surface area contributed by atoms with E-state index >= 15 is 0 Å². The highest BCUT2D eigenvalue weighted by molar-refractivity contribution is 5.97. The van der Waals surface area contributed by atoms with Crippen LogP contribution in [0.3, 0.4) is 0 Å². The van der Waals surface area contributed by atoms with E-state index in [1.807, 2.05) is 6.92 Å². The van der Waals surface area contributed by atoms with Crippen molar-refractivity contribution in [2.24, 2.45) is 0 Å². The number of carboxylic acid groups (broad SMARTS) is 1. The molecule has 0 aliphatic rings. The molecule has 20 heavy (non-hydrogen) atoms. The molecule has 2 amide bonds. The molecule has 0 aliphatic carbocycles. The predicted octanol–water partition coefficient (Wildman–Crippen LogP) is 0.983. The van der Waals surface area contributed by atoms with E-state index in [9.17, 15) is 14.4 Å². The zero-order chi connectivity index (χ0) is 15.1. The Balaban J connectivity index is 2.88. The highest BCUT2D eigenvalue weighted by Gasteiger charge is 2.17. The minimum Gasteiger partial charge on any atom is -0.478 e. The van der Waals surface area contributed by atoms with Crippen LogP contribution in [0, 0.1) is 0 Å². The minimum absolute atomic E-state index is 0.0101. The van der Waals surface area contributed by atoms with Crippen LogP contribution in [0.1, 0.15) is 34.1 Å². The molecule has 1 rings (SSSR count). The third-order valence-corrected chi connectivity index (χ3v) is 2.77. The Bertz CT molecular complexity index is 496. The highest BCUT2D eigenvalue weighted by Crippen LogP contribution is 2.08. The lowest BCUT2D eigenvalue weighted by Crippen LogP contribution is -2.40. The Morgan fingerprint density at radius 2 is 1.70 bits per heavy atom. The lowest BCUT2D eigenvalue weighted by molar-refractivity contribution is -0.121. The van der Waals surface area contributed by atoms with E-state index in [4.69, 9.17) is 5.11 Å². The molecule has 0 bridgehead atoms. The summed E-state index contributed by atoms with van der Waals surface area (Å²) in [4.78, 5) is 35.9. The SMILES string of the molecule is CCCN(CC(=O)NC)C(=O)c1ccc(C(=O)O)cc1. The standard InChI is InChI=1S/C14H18N2O4/c1-3-8-16(9-12(17)15-2)13(18)10-4-6-11(7-5-10)14(19)20/h4-7H,3,8-9H2,1-2H3,(H,15,17)(H,19,20). The highest BCUT2D eigenvalue weighted by atomic mass is 16.4. The molecule has 0 unspecified atom stereocenters. The van der Waals surface area contributed by atoms with Crippen LogP contribution in [-0.2, 0) is 4.79 Å². The summed E-state index contributed by atoms with van der Waals surface area (Å²) in [5, 5.41) is 11.3. The number of rotatable bonds is 6. The molecule has 0 fully saturated rings. The van der Waals surface area contributed by atoms with E-state index in [0.29, 0.717) is 12.1 Å². The zero-order valence-corrected chi connectivity index (χ0v) is 11.5. The average molecular weight is 278 g/mol. The van der Waals surface area contributed by atoms with Gasteiger partial charge >= 0.3 is 5.97 Å². The molecule has 0 heterocycles. The van der Waals surface area contributed by atoms with Crippen LogP contribution in [0.2, 0.25) is 0 Å². The number of nitrogens with one attached hydrogen (secondary N) is 1. The van der Waals surface area contributed by atoms with E-state index in [0.717, 1.165) is 6.42 Å². The van der Waals surface area contributed by atoms with Gasteiger partial charge in [0.15, 0.2) is 0 Å². The molecule has 0 aromatic heterocycles. The summed E-state index contributed by atoms with van der Waals surface area (Å²) in [6.45, 7) is 2.37. The first-order valence-electron chi connectivity index (χ1n) is 6.32. The number of amides is 2. The molecule has 0 atom stereocenters. The first kappa shape index (κ1) is 15.7. The molecule has 2 N–H and O–H groups in total. The van der Waals surface area contributed by atoms with Crippen LogP contribution in [-0.4, -0.2) is 47.9 Å². The maximum Gasteiger partial charge on any atom is 0.335 e. The van der Waals surface area contributed by atoms with Gasteiger partial charge in [0.2, 0.25) is 5.91 Å². The minimum atomic E-state index is -1.04. The van der Waals surface area contributed by atoms with Crippen LogP contribution >= 0.6 is 0 Å². The number of carbonyl (C=O) groups is 3. The van der Waals surface area contributed by atoms with Crippen LogP contribution in [0.5, 0.6) is 0 Å². The number of carboxylic acids is 1. The summed E-state index contributed by atoms with van der Waals surface area (Å²) >= 11 is 0. The Morgan fingerprint density at radius 3 is 2.15 bits per heavy atom. The first-order chi connectivity index (χ1) is 9.49. The summed E-state index contributed by atoms with van der Waals surface area (Å²) in [6.07, 6.45) is 0.732. The molecule has 6 heteroatoms. The summed E-state index contributed by atoms with van der Waals surface area (Å²) in [5.41, 5.74) is 0.488. The molecular formula is C14H18N2O4. The van der Waals surface area contributed by atoms with Gasteiger partial charge in [-0.25, -0.2) is 4.79 Å². The Morgan fingerprint density at radius 1 is 1.15 bits per heavy atom. The summed E-state index contributed by atoms with van der Waals surface area (Å²) in [5.74, 6) is -1.57. The quantitative estimate of drug-likeness (QED) is 0.812. The fourth-order valence-corrected chi connectivity index (χ4v) is 1.71. The van der Waals surface area contributed by atoms with Gasteiger partial charge < -0.3 is 15.3 Å². The topological polar surface area (TPSA) is 86.7 Å². The lowest BCUT2D eigenvalue weighted by atomic mass is 10.1. The second-order valence-corrected chi connectivity index (χ2v) is 4.28. The lowest BCUT2D eigenvalue weighted by Gasteiger charge is -2.21. The van der Waals surface area contributed by atoms with E-state index in [2.05, 4.69) is 5.32 Å². The van der Waals surface area contributed by atoms with Crippen molar-refractivity contribution in [3.8, 4) is 0 Å². The number of benzene rings is 1. The number of carbonyl (C=O) groups excluding carboxylic acids is 2. The van der Waals surface area contributed by atoms with E-state index < -0.39 is 5.97 Å². The molecule has 0 spiro atoms. The fraction of sp³-hybridized carbons (Fsp3) is 0.357. The fourth-order valence-electron chi connectivity index (χ4n) is 1.71. The van der Waals surface area contributed by atoms with Crippen LogP contribution in [0.25, 0.3) is 0 Å². The smallest absolute Gasteiger partial charge is 0.335 e. The van der Waals surface area contributed by atoms with Gasteiger partial charge in [-0.1, -0.05) is 6.92 Å². The molecule has 6 nitrogen and oxygen atoms in total. The van der Waals surface area contributed by atoms with Gasteiger partial charge in [0.1, 0.15) is 0 Å². The molecule has 0 radical (unpaired) electrons. The van der Waals surface area contributed by atoms with Gasteiger partial charge in [-0.15, -0.1) is 0 Å². The third-order valence-electron chi connectivity index (χ3n) is 2.77.